The quantitative estimate of drug-likeness (QED) is 0.544. The number of methoxy groups -OCH3 is 1. The van der Waals surface area contributed by atoms with Crippen LogP contribution in [-0.2, 0) is 4.74 Å². The van der Waals surface area contributed by atoms with Crippen molar-refractivity contribution in [3.63, 3.8) is 0 Å². The monoisotopic (exact) mass is 304 g/mol. The van der Waals surface area contributed by atoms with Crippen LogP contribution in [0.4, 0.5) is 25.8 Å². The molecular weight excluding hydrogens is 300 g/mol. The van der Waals surface area contributed by atoms with Crippen molar-refractivity contribution in [2.24, 2.45) is 13.5 Å². The van der Waals surface area contributed by atoms with Crippen LogP contribution in [0.15, 0.2) is 13.5 Å². The molecule has 1 N–H and O–H groups in total. The van der Waals surface area contributed by atoms with Gasteiger partial charge in [0.1, 0.15) is 0 Å². The number of hydrogen-bond donors (Lipinski definition) is 1. The van der Waals surface area contributed by atoms with Gasteiger partial charge in [-0.05, 0) is 0 Å². The van der Waals surface area contributed by atoms with Gasteiger partial charge in [0.05, 0.1) is 7.11 Å². The van der Waals surface area contributed by atoms with E-state index in [0.717, 1.165) is 12.2 Å². The van der Waals surface area contributed by atoms with Gasteiger partial charge in [0.2, 0.25) is 0 Å². The molecule has 14 heteroatoms. The van der Waals surface area contributed by atoms with E-state index in [0.29, 0.717) is 0 Å². The number of carbonyl (C=O) groups excluding carboxylic acids is 1. The van der Waals surface area contributed by atoms with E-state index in [1.807, 2.05) is 0 Å². The maximum atomic E-state index is 13.4. The molecule has 1 atom stereocenters. The van der Waals surface area contributed by atoms with Crippen LogP contribution < -0.4 is 5.09 Å². The van der Waals surface area contributed by atoms with Crippen LogP contribution in [0, 0.1) is 0 Å². The third kappa shape index (κ3) is 3.57. The molecule has 0 aromatic carbocycles. The summed E-state index contributed by atoms with van der Waals surface area (Å²) in [5, 5.41) is 1.14. The maximum Gasteiger partial charge on any atom is 0.424 e. The molecule has 0 saturated carbocycles. The number of rotatable bonds is 1. The minimum atomic E-state index is -5.79. The van der Waals surface area contributed by atoms with Crippen molar-refractivity contribution in [3.8, 4) is 0 Å². The van der Waals surface area contributed by atoms with Crippen LogP contribution in [0.5, 0.6) is 0 Å². The lowest BCUT2D eigenvalue weighted by molar-refractivity contribution is 0.177. The van der Waals surface area contributed by atoms with E-state index in [2.05, 4.69) is 13.8 Å². The molecule has 0 radical (unpaired) electrons. The lowest BCUT2D eigenvalue weighted by atomic mass is 11.2. The van der Waals surface area contributed by atoms with E-state index in [1.54, 1.807) is 4.52 Å². The van der Waals surface area contributed by atoms with Gasteiger partial charge in [-0.1, -0.05) is 0 Å². The topological polar surface area (TPSA) is 75.4 Å². The first-order chi connectivity index (χ1) is 7.08. The summed E-state index contributed by atoms with van der Waals surface area (Å²) in [6, 6.07) is 0. The van der Waals surface area contributed by atoms with E-state index < -0.39 is 29.4 Å². The normalized spacial score (nSPS) is 30.4. The van der Waals surface area contributed by atoms with Crippen LogP contribution in [0.2, 0.25) is 0 Å². The molecule has 94 valence electrons. The van der Waals surface area contributed by atoms with Crippen molar-refractivity contribution in [1.82, 2.24) is 5.09 Å². The first-order valence-corrected chi connectivity index (χ1v) is 7.87. The Labute approximate surface area is 86.6 Å². The average Bonchev–Trinajstić information content (AvgIpc) is 1.95. The zero-order valence-corrected chi connectivity index (χ0v) is 10.1. The second-order valence-corrected chi connectivity index (χ2v) is 7.55. The van der Waals surface area contributed by atoms with Crippen molar-refractivity contribution in [1.29, 1.82) is 0 Å². The number of halogens is 5. The lowest BCUT2D eigenvalue weighted by Gasteiger charge is -2.16. The zero-order valence-electron chi connectivity index (χ0n) is 7.39. The largest absolute Gasteiger partial charge is 0.453 e. The molecule has 0 bridgehead atoms. The van der Waals surface area contributed by atoms with Crippen molar-refractivity contribution in [2.75, 3.05) is 7.11 Å². The van der Waals surface area contributed by atoms with Gasteiger partial charge in [0.25, 0.3) is 0 Å². The van der Waals surface area contributed by atoms with Gasteiger partial charge in [0, 0.05) is 0 Å². The lowest BCUT2D eigenvalue weighted by Crippen LogP contribution is -2.17. The summed E-state index contributed by atoms with van der Waals surface area (Å²) in [5.41, 5.74) is 0. The second-order valence-electron chi connectivity index (χ2n) is 2.31. The van der Waals surface area contributed by atoms with E-state index in [1.165, 1.54) is 0 Å². The third-order valence-corrected chi connectivity index (χ3v) is 6.89. The molecule has 0 fully saturated rings. The molecule has 1 amide bonds. The number of nitrogens with one attached hydrogen (secondary N) is 1. The fraction of sp³-hybridized carbons (Fsp3) is 0.500. The smallest absolute Gasteiger partial charge is 0.424 e. The Morgan fingerprint density at radius 2 is 1.56 bits per heavy atom. The molecule has 1 aliphatic heterocycles. The maximum absolute atomic E-state index is 13.4. The molecule has 1 aliphatic rings. The molecule has 0 aromatic heterocycles. The van der Waals surface area contributed by atoms with E-state index in [-0.39, 0.29) is 0 Å². The van der Waals surface area contributed by atoms with Crippen LogP contribution in [0.1, 0.15) is 0 Å². The molecule has 6 nitrogen and oxygen atoms in total. The molecule has 0 spiro atoms. The van der Waals surface area contributed by atoms with Crippen LogP contribution in [0.25, 0.3) is 0 Å². The van der Waals surface area contributed by atoms with Gasteiger partial charge in [-0.2, -0.15) is 4.20 Å². The van der Waals surface area contributed by atoms with Crippen LogP contribution in [0.3, 0.4) is 0 Å². The van der Waals surface area contributed by atoms with Crippen molar-refractivity contribution in [2.45, 2.75) is 0 Å². The number of amides is 1. The Balaban J connectivity index is 3.26. The average molecular weight is 304 g/mol. The Morgan fingerprint density at radius 1 is 1.06 bits per heavy atom. The number of hydrogen-bond acceptors (Lipinski definition) is 5. The molecular formula is C2H4F5N4O2P3. The fourth-order valence-corrected chi connectivity index (χ4v) is 6.07. The molecule has 0 aromatic rings. The fourth-order valence-electron chi connectivity index (χ4n) is 0.675. The van der Waals surface area contributed by atoms with Crippen LogP contribution >= 0.6 is 23.3 Å². The predicted octanol–water partition coefficient (Wildman–Crippen LogP) is 5.04. The summed E-state index contributed by atoms with van der Waals surface area (Å²) in [6.45, 7) is 0. The second kappa shape index (κ2) is 4.13. The summed E-state index contributed by atoms with van der Waals surface area (Å²) in [6.07, 6.45) is -1.51. The molecule has 16 heavy (non-hydrogen) atoms. The minimum Gasteiger partial charge on any atom is -0.453 e. The standard InChI is InChI=1S/C2H4F5N4O2P3/c1-13-2(12)8-16(7)10-14(3,4)9-15(5,6)11-16/h1H3,(H,8,12). The summed E-state index contributed by atoms with van der Waals surface area (Å²) in [4.78, 5) is 10.5. The first kappa shape index (κ1) is 13.7. The molecule has 1 unspecified atom stereocenters. The van der Waals surface area contributed by atoms with E-state index >= 15 is 0 Å². The molecule has 1 rings (SSSR count). The first-order valence-electron chi connectivity index (χ1n) is 3.34. The number of carbonyl (C=O) groups is 1. The molecule has 1 heterocycles. The summed E-state index contributed by atoms with van der Waals surface area (Å²) < 4.78 is 73.8. The molecule has 0 aliphatic carbocycles. The zero-order chi connectivity index (χ0) is 12.6. The van der Waals surface area contributed by atoms with Gasteiger partial charge in [0.15, 0.2) is 0 Å². The predicted molar refractivity (Wildman–Crippen MR) is 49.1 cm³/mol. The Morgan fingerprint density at radius 3 is 2.00 bits per heavy atom. The van der Waals surface area contributed by atoms with Gasteiger partial charge in [-0.15, -0.1) is 30.3 Å². The van der Waals surface area contributed by atoms with Gasteiger partial charge < -0.3 is 4.74 Å². The summed E-state index contributed by atoms with van der Waals surface area (Å²) in [7, 11) is -15.9. The number of nitrogens with zero attached hydrogens (tertiary/aromatic N) is 3. The van der Waals surface area contributed by atoms with Crippen molar-refractivity contribution in [3.05, 3.63) is 0 Å². The highest BCUT2D eigenvalue weighted by molar-refractivity contribution is 7.78. The Kier molecular flexibility index (Phi) is 3.53. The Hall–Kier alpha value is -0.390. The Bertz CT molecular complexity index is 469. The SMILES string of the molecule is COC(=O)NP1(F)=NP(F)(F)=NP(F)(F)=N1. The number of ether oxygens (including phenoxy) is 1. The highest BCUT2D eigenvalue weighted by Gasteiger charge is 2.40. The summed E-state index contributed by atoms with van der Waals surface area (Å²) >= 11 is 0. The van der Waals surface area contributed by atoms with E-state index in [9.17, 15) is 25.8 Å². The molecule has 0 saturated heterocycles. The van der Waals surface area contributed by atoms with Crippen molar-refractivity contribution >= 4 is 29.4 Å². The highest BCUT2D eigenvalue weighted by atomic mass is 31.3. The minimum absolute atomic E-state index is 0.802. The van der Waals surface area contributed by atoms with Crippen LogP contribution in [-0.4, -0.2) is 13.2 Å². The summed E-state index contributed by atoms with van der Waals surface area (Å²) in [5.74, 6) is 0. The third-order valence-electron chi connectivity index (χ3n) is 1.09. The van der Waals surface area contributed by atoms with Crippen molar-refractivity contribution < 1.29 is 30.5 Å². The van der Waals surface area contributed by atoms with Gasteiger partial charge in [-0.3, -0.25) is 0 Å². The highest BCUT2D eigenvalue weighted by Crippen LogP contribution is 2.80. The van der Waals surface area contributed by atoms with E-state index in [4.69, 9.17) is 0 Å². The van der Waals surface area contributed by atoms with Gasteiger partial charge in [-0.25, -0.2) is 9.88 Å². The van der Waals surface area contributed by atoms with Gasteiger partial charge >= 0.3 is 29.4 Å².